The first kappa shape index (κ1) is 17.6. The topological polar surface area (TPSA) is 32.3 Å². The van der Waals surface area contributed by atoms with Gasteiger partial charge in [0.1, 0.15) is 0 Å². The fraction of sp³-hybridized carbons (Fsp3) is 0.500. The van der Waals surface area contributed by atoms with Crippen LogP contribution >= 0.6 is 35.6 Å². The molecule has 1 saturated heterocycles. The summed E-state index contributed by atoms with van der Waals surface area (Å²) in [6.07, 6.45) is 0.874. The predicted octanol–water partition coefficient (Wildman–Crippen LogP) is 3.37. The smallest absolute Gasteiger partial charge is 0.229 e. The van der Waals surface area contributed by atoms with Crippen LogP contribution in [-0.2, 0) is 11.3 Å². The largest absolute Gasteiger partial charge is 0.341 e. The molecule has 1 aromatic carbocycles. The fourth-order valence-corrected chi connectivity index (χ4v) is 2.84. The maximum atomic E-state index is 12.5. The van der Waals surface area contributed by atoms with E-state index in [0.717, 1.165) is 25.1 Å². The van der Waals surface area contributed by atoms with E-state index < -0.39 is 0 Å². The molecule has 1 aliphatic rings. The zero-order valence-corrected chi connectivity index (χ0v) is 13.9. The standard InChI is InChI=1S/C14H18Cl2N2O.ClH/c1-14(6-7-17-9-14)13(19)18(2)8-10-4-3-5-11(15)12(10)16;/h3-5,17H,6-9H2,1-2H3;1H. The molecule has 0 spiro atoms. The van der Waals surface area contributed by atoms with Crippen molar-refractivity contribution in [3.63, 3.8) is 0 Å². The molecule has 1 aliphatic heterocycles. The summed E-state index contributed by atoms with van der Waals surface area (Å²) >= 11 is 12.1. The Hall–Kier alpha value is -0.480. The Bertz CT molecular complexity index is 487. The lowest BCUT2D eigenvalue weighted by molar-refractivity contribution is -0.139. The number of nitrogens with zero attached hydrogens (tertiary/aromatic N) is 1. The van der Waals surface area contributed by atoms with Gasteiger partial charge in [0.2, 0.25) is 5.91 Å². The molecule has 0 bridgehead atoms. The highest BCUT2D eigenvalue weighted by Gasteiger charge is 2.38. The Morgan fingerprint density at radius 3 is 2.75 bits per heavy atom. The molecule has 112 valence electrons. The summed E-state index contributed by atoms with van der Waals surface area (Å²) in [5, 5.41) is 4.29. The van der Waals surface area contributed by atoms with E-state index in [4.69, 9.17) is 23.2 Å². The summed E-state index contributed by atoms with van der Waals surface area (Å²) in [6, 6.07) is 5.49. The Kier molecular flexibility index (Phi) is 6.14. The minimum atomic E-state index is -0.306. The molecule has 6 heteroatoms. The lowest BCUT2D eigenvalue weighted by Gasteiger charge is -2.28. The number of halogens is 3. The van der Waals surface area contributed by atoms with Crippen molar-refractivity contribution >= 4 is 41.5 Å². The third-order valence-corrected chi connectivity index (χ3v) is 4.53. The van der Waals surface area contributed by atoms with E-state index in [1.54, 1.807) is 11.0 Å². The molecule has 3 nitrogen and oxygen atoms in total. The molecule has 1 heterocycles. The quantitative estimate of drug-likeness (QED) is 0.917. The van der Waals surface area contributed by atoms with E-state index in [2.05, 4.69) is 5.32 Å². The Labute approximate surface area is 136 Å². The second kappa shape index (κ2) is 6.99. The van der Waals surface area contributed by atoms with Crippen molar-refractivity contribution in [1.82, 2.24) is 10.2 Å². The van der Waals surface area contributed by atoms with Crippen molar-refractivity contribution in [3.05, 3.63) is 33.8 Å². The fourth-order valence-electron chi connectivity index (χ4n) is 2.46. The van der Waals surface area contributed by atoms with Gasteiger partial charge in [-0.2, -0.15) is 0 Å². The van der Waals surface area contributed by atoms with E-state index in [1.807, 2.05) is 26.1 Å². The van der Waals surface area contributed by atoms with Crippen LogP contribution in [0.4, 0.5) is 0 Å². The summed E-state index contributed by atoms with van der Waals surface area (Å²) in [4.78, 5) is 14.2. The van der Waals surface area contributed by atoms with Gasteiger partial charge in [0.05, 0.1) is 15.5 Å². The molecule has 20 heavy (non-hydrogen) atoms. The van der Waals surface area contributed by atoms with Crippen LogP contribution in [0, 0.1) is 5.41 Å². The molecule has 0 saturated carbocycles. The number of amides is 1. The summed E-state index contributed by atoms with van der Waals surface area (Å²) in [6.45, 7) is 4.12. The highest BCUT2D eigenvalue weighted by atomic mass is 35.5. The number of hydrogen-bond acceptors (Lipinski definition) is 2. The maximum absolute atomic E-state index is 12.5. The lowest BCUT2D eigenvalue weighted by Crippen LogP contribution is -2.41. The van der Waals surface area contributed by atoms with Gasteiger partial charge in [-0.15, -0.1) is 12.4 Å². The summed E-state index contributed by atoms with van der Waals surface area (Å²) in [5.74, 6) is 0.147. The summed E-state index contributed by atoms with van der Waals surface area (Å²) in [7, 11) is 1.81. The van der Waals surface area contributed by atoms with Gasteiger partial charge in [-0.3, -0.25) is 4.79 Å². The van der Waals surface area contributed by atoms with Crippen molar-refractivity contribution in [2.24, 2.45) is 5.41 Å². The van der Waals surface area contributed by atoms with Crippen LogP contribution in [0.2, 0.25) is 10.0 Å². The molecule has 0 aliphatic carbocycles. The number of hydrogen-bond donors (Lipinski definition) is 1. The molecule has 1 unspecified atom stereocenters. The molecular weight excluding hydrogens is 319 g/mol. The van der Waals surface area contributed by atoms with E-state index in [9.17, 15) is 4.79 Å². The van der Waals surface area contributed by atoms with Gasteiger partial charge in [-0.25, -0.2) is 0 Å². The summed E-state index contributed by atoms with van der Waals surface area (Å²) in [5.41, 5.74) is 0.569. The van der Waals surface area contributed by atoms with Gasteiger partial charge in [0.15, 0.2) is 0 Å². The average molecular weight is 338 g/mol. The second-order valence-corrected chi connectivity index (χ2v) is 6.15. The van der Waals surface area contributed by atoms with E-state index in [1.165, 1.54) is 0 Å². The van der Waals surface area contributed by atoms with Crippen molar-refractivity contribution in [3.8, 4) is 0 Å². The number of carbonyl (C=O) groups excluding carboxylic acids is 1. The molecule has 1 aromatic rings. The van der Waals surface area contributed by atoms with Crippen molar-refractivity contribution in [2.45, 2.75) is 19.9 Å². The molecular formula is C14H19Cl3N2O. The average Bonchev–Trinajstić information content (AvgIpc) is 2.82. The Morgan fingerprint density at radius 2 is 2.15 bits per heavy atom. The van der Waals surface area contributed by atoms with Crippen LogP contribution in [0.3, 0.4) is 0 Å². The second-order valence-electron chi connectivity index (χ2n) is 5.36. The van der Waals surface area contributed by atoms with Gasteiger partial charge in [0, 0.05) is 20.1 Å². The third kappa shape index (κ3) is 3.59. The van der Waals surface area contributed by atoms with Gasteiger partial charge >= 0.3 is 0 Å². The first-order valence-corrected chi connectivity index (χ1v) is 7.09. The number of carbonyl (C=O) groups is 1. The number of benzene rings is 1. The van der Waals surface area contributed by atoms with Gasteiger partial charge in [0.25, 0.3) is 0 Å². The SMILES string of the molecule is CN(Cc1cccc(Cl)c1Cl)C(=O)C1(C)CCNC1.Cl. The minimum absolute atomic E-state index is 0. The maximum Gasteiger partial charge on any atom is 0.229 e. The highest BCUT2D eigenvalue weighted by Crippen LogP contribution is 2.30. The predicted molar refractivity (Wildman–Crippen MR) is 85.8 cm³/mol. The monoisotopic (exact) mass is 336 g/mol. The Morgan fingerprint density at radius 1 is 1.45 bits per heavy atom. The van der Waals surface area contributed by atoms with E-state index in [0.29, 0.717) is 16.6 Å². The van der Waals surface area contributed by atoms with Gasteiger partial charge in [-0.05, 0) is 31.5 Å². The van der Waals surface area contributed by atoms with Gasteiger partial charge < -0.3 is 10.2 Å². The number of nitrogens with one attached hydrogen (secondary N) is 1. The first-order chi connectivity index (χ1) is 8.94. The van der Waals surface area contributed by atoms with Gasteiger partial charge in [-0.1, -0.05) is 35.3 Å². The van der Waals surface area contributed by atoms with Crippen molar-refractivity contribution in [2.75, 3.05) is 20.1 Å². The van der Waals surface area contributed by atoms with E-state index >= 15 is 0 Å². The molecule has 1 fully saturated rings. The first-order valence-electron chi connectivity index (χ1n) is 6.33. The molecule has 1 amide bonds. The van der Waals surface area contributed by atoms with Crippen LogP contribution < -0.4 is 5.32 Å². The van der Waals surface area contributed by atoms with Crippen LogP contribution in [0.5, 0.6) is 0 Å². The van der Waals surface area contributed by atoms with Crippen LogP contribution in [-0.4, -0.2) is 30.9 Å². The minimum Gasteiger partial charge on any atom is -0.341 e. The van der Waals surface area contributed by atoms with E-state index in [-0.39, 0.29) is 23.7 Å². The van der Waals surface area contributed by atoms with Crippen molar-refractivity contribution < 1.29 is 4.79 Å². The Balaban J connectivity index is 0.00000200. The van der Waals surface area contributed by atoms with Crippen molar-refractivity contribution in [1.29, 1.82) is 0 Å². The molecule has 0 radical (unpaired) electrons. The molecule has 1 atom stereocenters. The molecule has 0 aromatic heterocycles. The molecule has 1 N–H and O–H groups in total. The lowest BCUT2D eigenvalue weighted by atomic mass is 9.88. The number of rotatable bonds is 3. The van der Waals surface area contributed by atoms with Crippen LogP contribution in [0.1, 0.15) is 18.9 Å². The van der Waals surface area contributed by atoms with Crippen LogP contribution in [0.15, 0.2) is 18.2 Å². The normalized spacial score (nSPS) is 21.4. The van der Waals surface area contributed by atoms with Crippen LogP contribution in [0.25, 0.3) is 0 Å². The molecule has 2 rings (SSSR count). The highest BCUT2D eigenvalue weighted by molar-refractivity contribution is 6.42. The third-order valence-electron chi connectivity index (χ3n) is 3.67. The zero-order chi connectivity index (χ0) is 14.0. The summed E-state index contributed by atoms with van der Waals surface area (Å²) < 4.78 is 0. The zero-order valence-electron chi connectivity index (χ0n) is 11.6.